The minimum absolute atomic E-state index is 0.684. The number of hydrogen-bond donors (Lipinski definition) is 0. The Labute approximate surface area is 137 Å². The maximum absolute atomic E-state index is 8.88. The van der Waals surface area contributed by atoms with E-state index in [2.05, 4.69) is 43.3 Å². The molecule has 0 aliphatic heterocycles. The molecule has 0 atom stereocenters. The van der Waals surface area contributed by atoms with Crippen LogP contribution in [-0.2, 0) is 0 Å². The van der Waals surface area contributed by atoms with E-state index < -0.39 is 0 Å². The first-order chi connectivity index (χ1) is 11.3. The van der Waals surface area contributed by atoms with E-state index in [0.717, 1.165) is 36.3 Å². The lowest BCUT2D eigenvalue weighted by Gasteiger charge is -2.08. The van der Waals surface area contributed by atoms with Crippen molar-refractivity contribution >= 4 is 10.8 Å². The summed E-state index contributed by atoms with van der Waals surface area (Å²) in [6, 6.07) is 22.5. The standard InChI is InChI=1S/C21H19NO/c1-2-3-12-23-21-11-10-19-13-18(8-9-20(19)14-21)17-6-4-16(15-22)5-7-17/h4-11,13-14H,2-3,12H2,1H3. The lowest BCUT2D eigenvalue weighted by molar-refractivity contribution is 0.310. The van der Waals surface area contributed by atoms with Gasteiger partial charge in [-0.15, -0.1) is 0 Å². The van der Waals surface area contributed by atoms with Gasteiger partial charge < -0.3 is 4.74 Å². The van der Waals surface area contributed by atoms with E-state index in [1.54, 1.807) is 0 Å². The molecule has 0 aromatic heterocycles. The highest BCUT2D eigenvalue weighted by Crippen LogP contribution is 2.27. The van der Waals surface area contributed by atoms with Crippen LogP contribution in [0.2, 0.25) is 0 Å². The van der Waals surface area contributed by atoms with Crippen molar-refractivity contribution in [1.82, 2.24) is 0 Å². The Morgan fingerprint density at radius 2 is 1.57 bits per heavy atom. The Kier molecular flexibility index (Phi) is 4.59. The quantitative estimate of drug-likeness (QED) is 0.578. The van der Waals surface area contributed by atoms with Gasteiger partial charge in [0.1, 0.15) is 5.75 Å². The topological polar surface area (TPSA) is 33.0 Å². The highest BCUT2D eigenvalue weighted by Gasteiger charge is 2.02. The number of hydrogen-bond acceptors (Lipinski definition) is 2. The zero-order chi connectivity index (χ0) is 16.1. The van der Waals surface area contributed by atoms with Crippen molar-refractivity contribution in [2.75, 3.05) is 6.61 Å². The highest BCUT2D eigenvalue weighted by atomic mass is 16.5. The number of nitriles is 1. The van der Waals surface area contributed by atoms with Crippen molar-refractivity contribution in [2.24, 2.45) is 0 Å². The van der Waals surface area contributed by atoms with Crippen LogP contribution in [0.5, 0.6) is 5.75 Å². The summed E-state index contributed by atoms with van der Waals surface area (Å²) in [6.45, 7) is 2.93. The molecule has 0 spiro atoms. The molecule has 0 unspecified atom stereocenters. The summed E-state index contributed by atoms with van der Waals surface area (Å²) < 4.78 is 5.76. The van der Waals surface area contributed by atoms with Gasteiger partial charge in [0.05, 0.1) is 18.2 Å². The predicted octanol–water partition coefficient (Wildman–Crippen LogP) is 5.56. The maximum Gasteiger partial charge on any atom is 0.119 e. The fourth-order valence-corrected chi connectivity index (χ4v) is 2.56. The van der Waals surface area contributed by atoms with Crippen LogP contribution in [0.4, 0.5) is 0 Å². The van der Waals surface area contributed by atoms with Crippen LogP contribution in [0.15, 0.2) is 60.7 Å². The molecule has 0 bridgehead atoms. The second kappa shape index (κ2) is 6.98. The molecule has 0 radical (unpaired) electrons. The Morgan fingerprint density at radius 1 is 0.870 bits per heavy atom. The Hall–Kier alpha value is -2.79. The molecule has 0 heterocycles. The minimum Gasteiger partial charge on any atom is -0.494 e. The van der Waals surface area contributed by atoms with Gasteiger partial charge in [-0.25, -0.2) is 0 Å². The van der Waals surface area contributed by atoms with Gasteiger partial charge in [0.2, 0.25) is 0 Å². The molecule has 3 aromatic carbocycles. The summed E-state index contributed by atoms with van der Waals surface area (Å²) in [5, 5.41) is 11.2. The Balaban J connectivity index is 1.87. The van der Waals surface area contributed by atoms with Crippen molar-refractivity contribution in [3.63, 3.8) is 0 Å². The molecule has 0 amide bonds. The summed E-state index contributed by atoms with van der Waals surface area (Å²) >= 11 is 0. The summed E-state index contributed by atoms with van der Waals surface area (Å²) in [4.78, 5) is 0. The lowest BCUT2D eigenvalue weighted by Crippen LogP contribution is -1.96. The summed E-state index contributed by atoms with van der Waals surface area (Å²) in [5.41, 5.74) is 2.96. The van der Waals surface area contributed by atoms with Gasteiger partial charge >= 0.3 is 0 Å². The fraction of sp³-hybridized carbons (Fsp3) is 0.190. The number of unbranched alkanes of at least 4 members (excludes halogenated alkanes) is 1. The molecule has 0 saturated heterocycles. The molecule has 3 rings (SSSR count). The van der Waals surface area contributed by atoms with Crippen LogP contribution in [0.1, 0.15) is 25.3 Å². The molecule has 0 N–H and O–H groups in total. The number of fused-ring (bicyclic) bond motifs is 1. The van der Waals surface area contributed by atoms with Crippen molar-refractivity contribution in [1.29, 1.82) is 5.26 Å². The van der Waals surface area contributed by atoms with Gasteiger partial charge in [0, 0.05) is 0 Å². The SMILES string of the molecule is CCCCOc1ccc2cc(-c3ccc(C#N)cc3)ccc2c1. The molecule has 3 aromatic rings. The van der Waals surface area contributed by atoms with Crippen molar-refractivity contribution in [3.8, 4) is 22.9 Å². The first kappa shape index (κ1) is 15.1. The molecule has 2 nitrogen and oxygen atoms in total. The van der Waals surface area contributed by atoms with E-state index in [-0.39, 0.29) is 0 Å². The van der Waals surface area contributed by atoms with Gasteiger partial charge in [-0.3, -0.25) is 0 Å². The van der Waals surface area contributed by atoms with E-state index >= 15 is 0 Å². The molecule has 2 heteroatoms. The molecule has 0 aliphatic carbocycles. The highest BCUT2D eigenvalue weighted by molar-refractivity contribution is 5.88. The monoisotopic (exact) mass is 301 g/mol. The third-order valence-electron chi connectivity index (χ3n) is 3.93. The third kappa shape index (κ3) is 3.52. The number of nitrogens with zero attached hydrogens (tertiary/aromatic N) is 1. The molecule has 23 heavy (non-hydrogen) atoms. The van der Waals surface area contributed by atoms with E-state index in [1.165, 1.54) is 10.8 Å². The van der Waals surface area contributed by atoms with Gasteiger partial charge in [0.15, 0.2) is 0 Å². The van der Waals surface area contributed by atoms with Crippen LogP contribution in [0.25, 0.3) is 21.9 Å². The Morgan fingerprint density at radius 3 is 2.30 bits per heavy atom. The lowest BCUT2D eigenvalue weighted by atomic mass is 10.0. The number of ether oxygens (including phenoxy) is 1. The van der Waals surface area contributed by atoms with E-state index in [9.17, 15) is 0 Å². The zero-order valence-electron chi connectivity index (χ0n) is 13.3. The first-order valence-electron chi connectivity index (χ1n) is 7.97. The Bertz CT molecular complexity index is 844. The average Bonchev–Trinajstić information content (AvgIpc) is 2.61. The smallest absolute Gasteiger partial charge is 0.119 e. The minimum atomic E-state index is 0.684. The number of benzene rings is 3. The van der Waals surface area contributed by atoms with Gasteiger partial charge in [-0.05, 0) is 58.7 Å². The summed E-state index contributed by atoms with van der Waals surface area (Å²) in [7, 11) is 0. The van der Waals surface area contributed by atoms with Crippen LogP contribution in [0.3, 0.4) is 0 Å². The van der Waals surface area contributed by atoms with Gasteiger partial charge in [-0.1, -0.05) is 43.7 Å². The molecule has 0 aliphatic rings. The normalized spacial score (nSPS) is 10.4. The average molecular weight is 301 g/mol. The molecule has 0 saturated carbocycles. The largest absolute Gasteiger partial charge is 0.494 e. The van der Waals surface area contributed by atoms with Crippen molar-refractivity contribution < 1.29 is 4.74 Å². The summed E-state index contributed by atoms with van der Waals surface area (Å²) in [5.74, 6) is 0.928. The van der Waals surface area contributed by atoms with Crippen LogP contribution >= 0.6 is 0 Å². The van der Waals surface area contributed by atoms with E-state index in [0.29, 0.717) is 5.56 Å². The van der Waals surface area contributed by atoms with E-state index in [1.807, 2.05) is 30.3 Å². The summed E-state index contributed by atoms with van der Waals surface area (Å²) in [6.07, 6.45) is 2.22. The van der Waals surface area contributed by atoms with Crippen LogP contribution in [-0.4, -0.2) is 6.61 Å². The first-order valence-corrected chi connectivity index (χ1v) is 7.97. The fourth-order valence-electron chi connectivity index (χ4n) is 2.56. The maximum atomic E-state index is 8.88. The second-order valence-corrected chi connectivity index (χ2v) is 5.61. The molecule has 114 valence electrons. The van der Waals surface area contributed by atoms with Crippen molar-refractivity contribution in [2.45, 2.75) is 19.8 Å². The van der Waals surface area contributed by atoms with Crippen LogP contribution in [0, 0.1) is 11.3 Å². The van der Waals surface area contributed by atoms with Gasteiger partial charge in [0.25, 0.3) is 0 Å². The van der Waals surface area contributed by atoms with E-state index in [4.69, 9.17) is 10.00 Å². The molecule has 0 fully saturated rings. The number of rotatable bonds is 5. The second-order valence-electron chi connectivity index (χ2n) is 5.61. The molecular formula is C21H19NO. The van der Waals surface area contributed by atoms with Crippen LogP contribution < -0.4 is 4.74 Å². The van der Waals surface area contributed by atoms with Crippen molar-refractivity contribution in [3.05, 3.63) is 66.2 Å². The predicted molar refractivity (Wildman–Crippen MR) is 94.5 cm³/mol. The molecular weight excluding hydrogens is 282 g/mol. The van der Waals surface area contributed by atoms with Gasteiger partial charge in [-0.2, -0.15) is 5.26 Å². The zero-order valence-corrected chi connectivity index (χ0v) is 13.3. The third-order valence-corrected chi connectivity index (χ3v) is 3.93.